The largest absolute Gasteiger partial charge is 0.496 e. The summed E-state index contributed by atoms with van der Waals surface area (Å²) in [6.45, 7) is 0. The first-order chi connectivity index (χ1) is 14.6. The van der Waals surface area contributed by atoms with Gasteiger partial charge in [0.15, 0.2) is 11.3 Å². The number of benzene rings is 2. The molecule has 0 unspecified atom stereocenters. The van der Waals surface area contributed by atoms with Crippen LogP contribution >= 0.6 is 22.6 Å². The van der Waals surface area contributed by atoms with E-state index in [2.05, 4.69) is 10.1 Å². The van der Waals surface area contributed by atoms with Gasteiger partial charge in [0.25, 0.3) is 5.89 Å². The molecule has 0 fully saturated rings. The van der Waals surface area contributed by atoms with Gasteiger partial charge >= 0.3 is 11.9 Å². The fraction of sp³-hybridized carbons (Fsp3) is 0.222. The van der Waals surface area contributed by atoms with Crippen molar-refractivity contribution in [2.75, 3.05) is 21.3 Å². The van der Waals surface area contributed by atoms with E-state index in [-0.39, 0.29) is 11.6 Å². The van der Waals surface area contributed by atoms with Crippen molar-refractivity contribution >= 4 is 28.3 Å². The number of nitro benzene ring substituents is 1. The summed E-state index contributed by atoms with van der Waals surface area (Å²) >= 11 is 2.04. The van der Waals surface area contributed by atoms with Crippen molar-refractivity contribution in [2.45, 2.75) is 6.18 Å². The monoisotopic (exact) mass is 551 g/mol. The fourth-order valence-corrected chi connectivity index (χ4v) is 3.41. The van der Waals surface area contributed by atoms with Crippen molar-refractivity contribution in [3.05, 3.63) is 43.5 Å². The number of methoxy groups -OCH3 is 3. The number of nitro groups is 1. The van der Waals surface area contributed by atoms with Gasteiger partial charge in [-0.15, -0.1) is 0 Å². The number of nitrogens with zero attached hydrogens (tertiary/aromatic N) is 3. The maximum Gasteiger partial charge on any atom is 0.423 e. The number of alkyl halides is 3. The molecule has 0 bridgehead atoms. The zero-order valence-electron chi connectivity index (χ0n) is 16.1. The number of aromatic nitrogens is 2. The Morgan fingerprint density at radius 2 is 1.77 bits per heavy atom. The third-order valence-corrected chi connectivity index (χ3v) is 5.07. The van der Waals surface area contributed by atoms with Gasteiger partial charge in [0.1, 0.15) is 5.75 Å². The molecule has 0 amide bonds. The van der Waals surface area contributed by atoms with Gasteiger partial charge in [-0.25, -0.2) is 0 Å². The van der Waals surface area contributed by atoms with Crippen LogP contribution in [0.1, 0.15) is 5.56 Å². The number of rotatable bonds is 6. The van der Waals surface area contributed by atoms with Crippen LogP contribution in [0.25, 0.3) is 22.8 Å². The number of hydrogen-bond acceptors (Lipinski definition) is 8. The normalized spacial score (nSPS) is 11.3. The standard InChI is InChI=1S/C18H13F3IN3O6/c1-28-11-6-8(4-5-10(11)22)16-23-17(31-24-16)9-7-12(29-2)15(30-3)14(25(26)27)13(9)18(19,20)21/h4-7H,1-3H3. The lowest BCUT2D eigenvalue weighted by molar-refractivity contribution is -0.389. The van der Waals surface area contributed by atoms with Gasteiger partial charge in [-0.05, 0) is 46.9 Å². The summed E-state index contributed by atoms with van der Waals surface area (Å²) in [6.07, 6.45) is -5.13. The zero-order valence-corrected chi connectivity index (χ0v) is 18.3. The Kier molecular flexibility index (Phi) is 6.24. The lowest BCUT2D eigenvalue weighted by atomic mass is 10.0. The molecule has 0 saturated carbocycles. The van der Waals surface area contributed by atoms with Crippen LogP contribution < -0.4 is 14.2 Å². The molecule has 9 nitrogen and oxygen atoms in total. The van der Waals surface area contributed by atoms with Crippen LogP contribution in [0.15, 0.2) is 28.8 Å². The molecule has 3 aromatic rings. The van der Waals surface area contributed by atoms with Crippen LogP contribution in [0.4, 0.5) is 18.9 Å². The molecule has 0 aliphatic rings. The highest BCUT2D eigenvalue weighted by Gasteiger charge is 2.46. The fourth-order valence-electron chi connectivity index (χ4n) is 2.85. The molecule has 0 aliphatic heterocycles. The van der Waals surface area contributed by atoms with Crippen molar-refractivity contribution in [2.24, 2.45) is 0 Å². The Bertz CT molecular complexity index is 1150. The van der Waals surface area contributed by atoms with Crippen molar-refractivity contribution in [3.8, 4) is 40.1 Å². The van der Waals surface area contributed by atoms with Crippen LogP contribution in [-0.2, 0) is 6.18 Å². The summed E-state index contributed by atoms with van der Waals surface area (Å²) in [4.78, 5) is 14.3. The third kappa shape index (κ3) is 4.22. The second-order valence-electron chi connectivity index (χ2n) is 5.91. The van der Waals surface area contributed by atoms with E-state index in [1.807, 2.05) is 22.6 Å². The summed E-state index contributed by atoms with van der Waals surface area (Å²) in [5.41, 5.74) is -3.21. The lowest BCUT2D eigenvalue weighted by Crippen LogP contribution is -2.13. The minimum absolute atomic E-state index is 0.0322. The Hall–Kier alpha value is -3.10. The lowest BCUT2D eigenvalue weighted by Gasteiger charge is -2.15. The molecule has 13 heteroatoms. The highest BCUT2D eigenvalue weighted by Crippen LogP contribution is 2.50. The molecular formula is C18H13F3IN3O6. The van der Waals surface area contributed by atoms with E-state index in [1.54, 1.807) is 18.2 Å². The van der Waals surface area contributed by atoms with Crippen LogP contribution in [0, 0.1) is 13.7 Å². The first-order valence-corrected chi connectivity index (χ1v) is 9.38. The van der Waals surface area contributed by atoms with E-state index in [1.165, 1.54) is 7.11 Å². The highest BCUT2D eigenvalue weighted by atomic mass is 127. The molecule has 0 spiro atoms. The van der Waals surface area contributed by atoms with Crippen LogP contribution in [0.5, 0.6) is 17.2 Å². The first kappa shape index (κ1) is 22.6. The molecule has 1 heterocycles. The van der Waals surface area contributed by atoms with Gasteiger partial charge in [0.2, 0.25) is 11.6 Å². The third-order valence-electron chi connectivity index (χ3n) is 4.18. The average molecular weight is 551 g/mol. The summed E-state index contributed by atoms with van der Waals surface area (Å²) in [5, 5.41) is 15.2. The van der Waals surface area contributed by atoms with Gasteiger partial charge in [0, 0.05) is 5.56 Å². The van der Waals surface area contributed by atoms with E-state index in [0.29, 0.717) is 11.3 Å². The van der Waals surface area contributed by atoms with Gasteiger partial charge in [-0.3, -0.25) is 10.1 Å². The molecule has 1 aromatic heterocycles. The predicted molar refractivity (Wildman–Crippen MR) is 109 cm³/mol. The second kappa shape index (κ2) is 8.56. The quantitative estimate of drug-likeness (QED) is 0.240. The Labute approximate surface area is 186 Å². The summed E-state index contributed by atoms with van der Waals surface area (Å²) in [7, 11) is 3.59. The minimum atomic E-state index is -5.13. The molecule has 0 aliphatic carbocycles. The molecule has 0 radical (unpaired) electrons. The molecule has 0 N–H and O–H groups in total. The number of halogens is 4. The second-order valence-corrected chi connectivity index (χ2v) is 7.07. The van der Waals surface area contributed by atoms with E-state index >= 15 is 0 Å². The smallest absolute Gasteiger partial charge is 0.423 e. The van der Waals surface area contributed by atoms with E-state index in [9.17, 15) is 23.3 Å². The maximum atomic E-state index is 13.9. The van der Waals surface area contributed by atoms with Crippen LogP contribution in [0.3, 0.4) is 0 Å². The first-order valence-electron chi connectivity index (χ1n) is 8.30. The van der Waals surface area contributed by atoms with E-state index in [0.717, 1.165) is 23.9 Å². The average Bonchev–Trinajstić information content (AvgIpc) is 3.21. The zero-order chi connectivity index (χ0) is 22.9. The molecule has 31 heavy (non-hydrogen) atoms. The van der Waals surface area contributed by atoms with E-state index < -0.39 is 39.6 Å². The molecule has 3 rings (SSSR count). The molecule has 2 aromatic carbocycles. The molecule has 164 valence electrons. The number of hydrogen-bond donors (Lipinski definition) is 0. The van der Waals surface area contributed by atoms with Gasteiger partial charge in [-0.2, -0.15) is 18.2 Å². The van der Waals surface area contributed by atoms with Gasteiger partial charge in [-0.1, -0.05) is 5.16 Å². The minimum Gasteiger partial charge on any atom is -0.496 e. The van der Waals surface area contributed by atoms with Crippen LogP contribution in [-0.4, -0.2) is 36.4 Å². The van der Waals surface area contributed by atoms with Crippen LogP contribution in [0.2, 0.25) is 0 Å². The molecular weight excluding hydrogens is 538 g/mol. The summed E-state index contributed by atoms with van der Waals surface area (Å²) in [5.74, 6) is -1.08. The Morgan fingerprint density at radius 3 is 2.32 bits per heavy atom. The van der Waals surface area contributed by atoms with Crippen molar-refractivity contribution in [1.82, 2.24) is 10.1 Å². The predicted octanol–water partition coefficient (Wildman–Crippen LogP) is 4.96. The Morgan fingerprint density at radius 1 is 1.10 bits per heavy atom. The van der Waals surface area contributed by atoms with Crippen molar-refractivity contribution < 1.29 is 36.8 Å². The Balaban J connectivity index is 2.26. The molecule has 0 saturated heterocycles. The maximum absolute atomic E-state index is 13.9. The van der Waals surface area contributed by atoms with E-state index in [4.69, 9.17) is 18.7 Å². The van der Waals surface area contributed by atoms with Crippen molar-refractivity contribution in [3.63, 3.8) is 0 Å². The van der Waals surface area contributed by atoms with Gasteiger partial charge < -0.3 is 18.7 Å². The topological polar surface area (TPSA) is 110 Å². The summed E-state index contributed by atoms with van der Waals surface area (Å²) < 4.78 is 62.5. The summed E-state index contributed by atoms with van der Waals surface area (Å²) in [6, 6.07) is 5.81. The highest BCUT2D eigenvalue weighted by molar-refractivity contribution is 14.1. The van der Waals surface area contributed by atoms with Crippen molar-refractivity contribution in [1.29, 1.82) is 0 Å². The number of ether oxygens (including phenoxy) is 3. The molecule has 0 atom stereocenters. The SMILES string of the molecule is COc1cc(-c2noc(-c3cc(OC)c(OC)c([N+](=O)[O-])c3C(F)(F)F)n2)ccc1I. The van der Waals surface area contributed by atoms with Gasteiger partial charge in [0.05, 0.1) is 35.4 Å².